The molecule has 0 saturated heterocycles. The van der Waals surface area contributed by atoms with Crippen molar-refractivity contribution in [1.29, 1.82) is 0 Å². The third-order valence-electron chi connectivity index (χ3n) is 12.0. The maximum atomic E-state index is 5.40. The van der Waals surface area contributed by atoms with Crippen LogP contribution in [-0.2, 0) is 0 Å². The molecule has 0 aliphatic heterocycles. The van der Waals surface area contributed by atoms with Gasteiger partial charge >= 0.3 is 0 Å². The number of nitrogens with zero attached hydrogens (tertiary/aromatic N) is 5. The van der Waals surface area contributed by atoms with Crippen LogP contribution in [0.25, 0.3) is 111 Å². The Bertz CT molecular complexity index is 3590. The summed E-state index contributed by atoms with van der Waals surface area (Å²) in [6.07, 6.45) is 0. The van der Waals surface area contributed by atoms with Gasteiger partial charge < -0.3 is 4.57 Å². The molecule has 0 N–H and O–H groups in total. The number of benzene rings is 9. The summed E-state index contributed by atoms with van der Waals surface area (Å²) in [4.78, 5) is 15.9. The number of para-hydroxylation sites is 1. The Morgan fingerprint density at radius 2 is 0.710 bits per heavy atom. The summed E-state index contributed by atoms with van der Waals surface area (Å²) in [5.41, 5.74) is 14.1. The molecule has 0 unspecified atom stereocenters. The zero-order valence-corrected chi connectivity index (χ0v) is 33.6. The Hall–Kier alpha value is -8.41. The van der Waals surface area contributed by atoms with Crippen molar-refractivity contribution >= 4 is 43.6 Å². The fourth-order valence-electron chi connectivity index (χ4n) is 9.05. The average Bonchev–Trinajstić information content (AvgIpc) is 3.88. The highest BCUT2D eigenvalue weighted by Gasteiger charge is 2.24. The van der Waals surface area contributed by atoms with Gasteiger partial charge in [0.15, 0.2) is 11.6 Å². The molecule has 0 atom stereocenters. The molecule has 12 rings (SSSR count). The smallest absolute Gasteiger partial charge is 0.238 e. The van der Waals surface area contributed by atoms with E-state index in [0.29, 0.717) is 17.6 Å². The van der Waals surface area contributed by atoms with Crippen molar-refractivity contribution in [1.82, 2.24) is 24.1 Å². The number of aromatic nitrogens is 5. The van der Waals surface area contributed by atoms with Crippen molar-refractivity contribution in [3.05, 3.63) is 224 Å². The molecule has 0 saturated carbocycles. The number of hydrogen-bond acceptors (Lipinski definition) is 3. The van der Waals surface area contributed by atoms with Crippen LogP contribution in [0.1, 0.15) is 0 Å². The zero-order chi connectivity index (χ0) is 41.0. The summed E-state index contributed by atoms with van der Waals surface area (Å²) < 4.78 is 4.69. The molecule has 9 aromatic carbocycles. The van der Waals surface area contributed by atoms with Gasteiger partial charge in [0.1, 0.15) is 0 Å². The molecular weight excluding hydrogens is 755 g/mol. The lowest BCUT2D eigenvalue weighted by Crippen LogP contribution is -2.07. The van der Waals surface area contributed by atoms with Crippen molar-refractivity contribution in [3.63, 3.8) is 0 Å². The van der Waals surface area contributed by atoms with E-state index in [4.69, 9.17) is 15.0 Å². The van der Waals surface area contributed by atoms with E-state index in [-0.39, 0.29) is 0 Å². The molecule has 3 aromatic heterocycles. The molecule has 0 radical (unpaired) electrons. The monoisotopic (exact) mass is 791 g/mol. The Balaban J connectivity index is 1.17. The quantitative estimate of drug-likeness (QED) is 0.162. The van der Waals surface area contributed by atoms with Gasteiger partial charge in [-0.3, -0.25) is 4.57 Å². The largest absolute Gasteiger partial charge is 0.307 e. The van der Waals surface area contributed by atoms with Gasteiger partial charge in [0, 0.05) is 38.4 Å². The first-order chi connectivity index (χ1) is 30.7. The fraction of sp³-hybridized carbons (Fsp3) is 0. The van der Waals surface area contributed by atoms with E-state index < -0.39 is 0 Å². The van der Waals surface area contributed by atoms with Gasteiger partial charge in [-0.1, -0.05) is 188 Å². The van der Waals surface area contributed by atoms with Crippen molar-refractivity contribution < 1.29 is 0 Å². The second kappa shape index (κ2) is 14.7. The normalized spacial score (nSPS) is 11.5. The van der Waals surface area contributed by atoms with Crippen LogP contribution in [0.3, 0.4) is 0 Å². The lowest BCUT2D eigenvalue weighted by atomic mass is 10.0. The van der Waals surface area contributed by atoms with Gasteiger partial charge in [0.25, 0.3) is 0 Å². The van der Waals surface area contributed by atoms with Crippen LogP contribution in [-0.4, -0.2) is 24.1 Å². The minimum absolute atomic E-state index is 0.555. The Morgan fingerprint density at radius 3 is 1.37 bits per heavy atom. The Morgan fingerprint density at radius 1 is 0.258 bits per heavy atom. The molecule has 3 heterocycles. The third kappa shape index (κ3) is 5.98. The van der Waals surface area contributed by atoms with Crippen molar-refractivity contribution in [2.75, 3.05) is 0 Å². The van der Waals surface area contributed by atoms with E-state index in [0.717, 1.165) is 66.2 Å². The minimum atomic E-state index is 0.555. The first-order valence-electron chi connectivity index (χ1n) is 20.9. The van der Waals surface area contributed by atoms with E-state index in [1.54, 1.807) is 0 Å². The molecule has 0 amide bonds. The van der Waals surface area contributed by atoms with Crippen LogP contribution in [0.4, 0.5) is 0 Å². The van der Waals surface area contributed by atoms with Crippen molar-refractivity contribution in [2.45, 2.75) is 0 Å². The molecule has 62 heavy (non-hydrogen) atoms. The lowest BCUT2D eigenvalue weighted by Gasteiger charge is -2.14. The SMILES string of the molecule is c1ccc(-c2ccc(-n3c4ccc(-c5ccccc5)cc4c4ccc5c6ccccc6n(-c6nc(-c7ccccc7)nc(-c7cccc(-c8ccccc8)c7)n6)c5c43)cc2)cc1. The first kappa shape index (κ1) is 35.5. The molecule has 12 aromatic rings. The molecule has 0 bridgehead atoms. The molecular formula is C57H37N5. The number of fused-ring (bicyclic) bond motifs is 7. The topological polar surface area (TPSA) is 48.5 Å². The van der Waals surface area contributed by atoms with Gasteiger partial charge in [-0.2, -0.15) is 9.97 Å². The average molecular weight is 792 g/mol. The van der Waals surface area contributed by atoms with E-state index in [9.17, 15) is 0 Å². The van der Waals surface area contributed by atoms with Crippen LogP contribution < -0.4 is 0 Å². The van der Waals surface area contributed by atoms with Gasteiger partial charge in [-0.05, 0) is 69.8 Å². The van der Waals surface area contributed by atoms with Crippen molar-refractivity contribution in [2.24, 2.45) is 0 Å². The third-order valence-corrected chi connectivity index (χ3v) is 12.0. The van der Waals surface area contributed by atoms with Gasteiger partial charge in [-0.25, -0.2) is 4.98 Å². The van der Waals surface area contributed by atoms with E-state index in [1.165, 1.54) is 27.6 Å². The predicted molar refractivity (Wildman–Crippen MR) is 256 cm³/mol. The highest BCUT2D eigenvalue weighted by Crippen LogP contribution is 2.43. The molecule has 0 spiro atoms. The van der Waals surface area contributed by atoms with Gasteiger partial charge in [-0.15, -0.1) is 0 Å². The summed E-state index contributed by atoms with van der Waals surface area (Å²) in [5.74, 6) is 1.77. The van der Waals surface area contributed by atoms with E-state index in [2.05, 4.69) is 209 Å². The summed E-state index contributed by atoms with van der Waals surface area (Å²) in [5, 5.41) is 4.57. The molecule has 5 heteroatoms. The van der Waals surface area contributed by atoms with Crippen molar-refractivity contribution in [3.8, 4) is 67.8 Å². The fourth-order valence-corrected chi connectivity index (χ4v) is 9.05. The molecule has 0 aliphatic carbocycles. The second-order valence-corrected chi connectivity index (χ2v) is 15.7. The maximum Gasteiger partial charge on any atom is 0.238 e. The van der Waals surface area contributed by atoms with Gasteiger partial charge in [0.05, 0.1) is 22.1 Å². The summed E-state index contributed by atoms with van der Waals surface area (Å²) in [6.45, 7) is 0. The van der Waals surface area contributed by atoms with Crippen LogP contribution in [0.15, 0.2) is 224 Å². The molecule has 5 nitrogen and oxygen atoms in total. The lowest BCUT2D eigenvalue weighted by molar-refractivity contribution is 0.953. The standard InChI is InChI=1S/C57H37N5/c1-5-16-38(17-6-1)41-28-31-46(32-29-41)61-52-35-30-44(40-20-9-3-10-21-40)37-50(52)49-34-33-48-47-26-13-14-27-51(47)62(54(48)53(49)61)57-59-55(42-22-11-4-12-23-42)58-56(60-57)45-25-15-24-43(36-45)39-18-7-2-8-19-39/h1-37H. The summed E-state index contributed by atoms with van der Waals surface area (Å²) in [6, 6.07) is 79.3. The van der Waals surface area contributed by atoms with E-state index >= 15 is 0 Å². The first-order valence-corrected chi connectivity index (χ1v) is 20.9. The molecule has 0 aliphatic rings. The van der Waals surface area contributed by atoms with E-state index in [1.807, 2.05) is 24.3 Å². The number of hydrogen-bond donors (Lipinski definition) is 0. The minimum Gasteiger partial charge on any atom is -0.307 e. The Labute approximate surface area is 358 Å². The van der Waals surface area contributed by atoms with Crippen LogP contribution >= 0.6 is 0 Å². The maximum absolute atomic E-state index is 5.40. The highest BCUT2D eigenvalue weighted by molar-refractivity contribution is 6.24. The summed E-state index contributed by atoms with van der Waals surface area (Å²) in [7, 11) is 0. The second-order valence-electron chi connectivity index (χ2n) is 15.7. The highest BCUT2D eigenvalue weighted by atomic mass is 15.2. The zero-order valence-electron chi connectivity index (χ0n) is 33.6. The van der Waals surface area contributed by atoms with Crippen LogP contribution in [0, 0.1) is 0 Å². The van der Waals surface area contributed by atoms with Gasteiger partial charge in [0.2, 0.25) is 5.95 Å². The van der Waals surface area contributed by atoms with Crippen LogP contribution in [0.2, 0.25) is 0 Å². The van der Waals surface area contributed by atoms with Crippen LogP contribution in [0.5, 0.6) is 0 Å². The summed E-state index contributed by atoms with van der Waals surface area (Å²) >= 11 is 0. The predicted octanol–water partition coefficient (Wildman–Crippen LogP) is 14.4. The Kier molecular flexibility index (Phi) is 8.42. The number of rotatable bonds is 7. The molecule has 0 fully saturated rings. The molecule has 290 valence electrons.